The second-order valence-corrected chi connectivity index (χ2v) is 7.07. The zero-order valence-corrected chi connectivity index (χ0v) is 15.0. The van der Waals surface area contributed by atoms with E-state index in [2.05, 4.69) is 31.1 Å². The molecule has 0 N–H and O–H groups in total. The Hall–Kier alpha value is -2.61. The maximum Gasteiger partial charge on any atom is 0.257 e. The maximum absolute atomic E-state index is 14.8. The van der Waals surface area contributed by atoms with Crippen molar-refractivity contribution in [3.05, 3.63) is 58.3 Å². The molecule has 0 saturated carbocycles. The fraction of sp³-hybridized carbons (Fsp3) is 0.167. The van der Waals surface area contributed by atoms with E-state index in [1.165, 1.54) is 16.8 Å². The first-order valence-corrected chi connectivity index (χ1v) is 8.96. The number of rotatable bonds is 1. The first-order chi connectivity index (χ1) is 12.6. The second kappa shape index (κ2) is 5.70. The predicted molar refractivity (Wildman–Crippen MR) is 97.7 cm³/mol. The third-order valence-electron chi connectivity index (χ3n) is 4.70. The van der Waals surface area contributed by atoms with Crippen LogP contribution in [-0.2, 0) is 6.42 Å². The minimum atomic E-state index is -0.653. The summed E-state index contributed by atoms with van der Waals surface area (Å²) in [6, 6.07) is 8.09. The number of hydrogen-bond acceptors (Lipinski definition) is 4. The van der Waals surface area contributed by atoms with Gasteiger partial charge in [-0.15, -0.1) is 10.2 Å². The van der Waals surface area contributed by atoms with E-state index < -0.39 is 11.6 Å². The van der Waals surface area contributed by atoms with Crippen molar-refractivity contribution in [1.29, 1.82) is 0 Å². The summed E-state index contributed by atoms with van der Waals surface area (Å²) in [5.74, 6) is -0.569. The van der Waals surface area contributed by atoms with E-state index in [0.717, 1.165) is 34.6 Å². The summed E-state index contributed by atoms with van der Waals surface area (Å²) in [6.45, 7) is 0.687. The van der Waals surface area contributed by atoms with Gasteiger partial charge >= 0.3 is 0 Å². The van der Waals surface area contributed by atoms with Gasteiger partial charge < -0.3 is 4.90 Å². The van der Waals surface area contributed by atoms with Gasteiger partial charge in [-0.2, -0.15) is 4.98 Å². The summed E-state index contributed by atoms with van der Waals surface area (Å²) >= 11 is 3.59. The number of benzene rings is 2. The number of nitrogens with zero attached hydrogens (tertiary/aromatic N) is 5. The standard InChI is InChI=1S/C18H12BrF2N5/c19-12-4-1-5-14-11(12)3-2-6-25(14)17-16-13(21)7-10(20)8-15(16)26-9-22-24-18(26)23-17/h1,4-5,7-9H,2-3,6H2. The maximum atomic E-state index is 14.8. The molecule has 1 aliphatic rings. The van der Waals surface area contributed by atoms with Crippen LogP contribution in [-0.4, -0.2) is 26.1 Å². The van der Waals surface area contributed by atoms with Crippen molar-refractivity contribution < 1.29 is 8.78 Å². The van der Waals surface area contributed by atoms with E-state index in [-0.39, 0.29) is 5.39 Å². The van der Waals surface area contributed by atoms with Gasteiger partial charge in [0.15, 0.2) is 0 Å². The molecule has 0 spiro atoms. The van der Waals surface area contributed by atoms with Crippen molar-refractivity contribution in [3.8, 4) is 0 Å². The topological polar surface area (TPSA) is 46.3 Å². The Morgan fingerprint density at radius 3 is 2.92 bits per heavy atom. The number of aromatic nitrogens is 4. The molecule has 0 aliphatic carbocycles. The van der Waals surface area contributed by atoms with Crippen molar-refractivity contribution in [2.75, 3.05) is 11.4 Å². The highest BCUT2D eigenvalue weighted by Gasteiger charge is 2.25. The Labute approximate surface area is 155 Å². The van der Waals surface area contributed by atoms with Crippen LogP contribution in [0.4, 0.5) is 20.3 Å². The summed E-state index contributed by atoms with van der Waals surface area (Å²) in [5, 5.41) is 8.07. The molecule has 0 fully saturated rings. The first kappa shape index (κ1) is 15.6. The van der Waals surface area contributed by atoms with E-state index in [1.807, 2.05) is 23.1 Å². The molecule has 0 bridgehead atoms. The molecule has 1 aliphatic heterocycles. The smallest absolute Gasteiger partial charge is 0.257 e. The molecule has 4 aromatic rings. The molecule has 26 heavy (non-hydrogen) atoms. The molecule has 0 radical (unpaired) electrons. The molecule has 0 amide bonds. The van der Waals surface area contributed by atoms with Gasteiger partial charge in [0.2, 0.25) is 0 Å². The molecule has 2 aromatic carbocycles. The average Bonchev–Trinajstić information content (AvgIpc) is 3.09. The molecule has 0 unspecified atom stereocenters. The Morgan fingerprint density at radius 2 is 2.04 bits per heavy atom. The summed E-state index contributed by atoms with van der Waals surface area (Å²) < 4.78 is 31.2. The molecule has 5 rings (SSSR count). The van der Waals surface area contributed by atoms with Crippen LogP contribution >= 0.6 is 15.9 Å². The Kier molecular flexibility index (Phi) is 3.43. The van der Waals surface area contributed by atoms with Gasteiger partial charge in [-0.1, -0.05) is 22.0 Å². The zero-order chi connectivity index (χ0) is 17.8. The molecule has 8 heteroatoms. The number of fused-ring (bicyclic) bond motifs is 4. The largest absolute Gasteiger partial charge is 0.325 e. The fourth-order valence-electron chi connectivity index (χ4n) is 3.59. The van der Waals surface area contributed by atoms with Gasteiger partial charge in [-0.3, -0.25) is 4.40 Å². The van der Waals surface area contributed by atoms with Crippen molar-refractivity contribution in [2.45, 2.75) is 12.8 Å². The highest BCUT2D eigenvalue weighted by Crippen LogP contribution is 2.39. The van der Waals surface area contributed by atoms with Crippen molar-refractivity contribution in [3.63, 3.8) is 0 Å². The Morgan fingerprint density at radius 1 is 1.15 bits per heavy atom. The van der Waals surface area contributed by atoms with Crippen LogP contribution in [0.3, 0.4) is 0 Å². The monoisotopic (exact) mass is 415 g/mol. The van der Waals surface area contributed by atoms with Crippen LogP contribution in [0.15, 0.2) is 41.1 Å². The summed E-state index contributed by atoms with van der Waals surface area (Å²) in [6.07, 6.45) is 3.24. The van der Waals surface area contributed by atoms with Crippen molar-refractivity contribution >= 4 is 44.1 Å². The van der Waals surface area contributed by atoms with E-state index in [4.69, 9.17) is 0 Å². The third kappa shape index (κ3) is 2.21. The molecule has 5 nitrogen and oxygen atoms in total. The molecular weight excluding hydrogens is 404 g/mol. The lowest BCUT2D eigenvalue weighted by molar-refractivity contribution is 0.591. The third-order valence-corrected chi connectivity index (χ3v) is 5.45. The molecule has 0 atom stereocenters. The van der Waals surface area contributed by atoms with Crippen molar-refractivity contribution in [1.82, 2.24) is 19.6 Å². The quantitative estimate of drug-likeness (QED) is 0.462. The first-order valence-electron chi connectivity index (χ1n) is 8.17. The molecule has 130 valence electrons. The highest BCUT2D eigenvalue weighted by atomic mass is 79.9. The van der Waals surface area contributed by atoms with Crippen LogP contribution in [0.1, 0.15) is 12.0 Å². The second-order valence-electron chi connectivity index (χ2n) is 6.21. The minimum Gasteiger partial charge on any atom is -0.325 e. The molecule has 2 aromatic heterocycles. The average molecular weight is 416 g/mol. The minimum absolute atomic E-state index is 0.256. The van der Waals surface area contributed by atoms with Crippen molar-refractivity contribution in [2.24, 2.45) is 0 Å². The highest BCUT2D eigenvalue weighted by molar-refractivity contribution is 9.10. The predicted octanol–water partition coefficient (Wildman–Crippen LogP) is 4.40. The van der Waals surface area contributed by atoms with Gasteiger partial charge in [0.05, 0.1) is 10.9 Å². The summed E-state index contributed by atoms with van der Waals surface area (Å²) in [5.41, 5.74) is 2.47. The number of anilines is 2. The van der Waals surface area contributed by atoms with E-state index in [0.29, 0.717) is 23.7 Å². The van der Waals surface area contributed by atoms with Crippen LogP contribution in [0.25, 0.3) is 16.7 Å². The van der Waals surface area contributed by atoms with E-state index >= 15 is 0 Å². The Balaban J connectivity index is 1.87. The molecule has 3 heterocycles. The lowest BCUT2D eigenvalue weighted by Crippen LogP contribution is -2.26. The number of halogens is 3. The summed E-state index contributed by atoms with van der Waals surface area (Å²) in [7, 11) is 0. The molecular formula is C18H12BrF2N5. The van der Waals surface area contributed by atoms with Gasteiger partial charge in [-0.05, 0) is 36.6 Å². The summed E-state index contributed by atoms with van der Waals surface area (Å²) in [4.78, 5) is 6.52. The lowest BCUT2D eigenvalue weighted by atomic mass is 10.0. The van der Waals surface area contributed by atoms with E-state index in [9.17, 15) is 8.78 Å². The lowest BCUT2D eigenvalue weighted by Gasteiger charge is -2.31. The van der Waals surface area contributed by atoms with Gasteiger partial charge in [0.25, 0.3) is 5.78 Å². The number of hydrogen-bond donors (Lipinski definition) is 0. The van der Waals surface area contributed by atoms with E-state index in [1.54, 1.807) is 0 Å². The zero-order valence-electron chi connectivity index (χ0n) is 13.5. The van der Waals surface area contributed by atoms with Gasteiger partial charge in [0, 0.05) is 22.8 Å². The normalized spacial score (nSPS) is 14.2. The van der Waals surface area contributed by atoms with Gasteiger partial charge in [-0.25, -0.2) is 8.78 Å². The van der Waals surface area contributed by atoms with Crippen LogP contribution in [0.5, 0.6) is 0 Å². The Bertz CT molecular complexity index is 1170. The van der Waals surface area contributed by atoms with Gasteiger partial charge in [0.1, 0.15) is 23.8 Å². The van der Waals surface area contributed by atoms with Crippen LogP contribution in [0, 0.1) is 11.6 Å². The van der Waals surface area contributed by atoms with Crippen LogP contribution in [0.2, 0.25) is 0 Å². The molecule has 0 saturated heterocycles. The fourth-order valence-corrected chi connectivity index (χ4v) is 4.15. The van der Waals surface area contributed by atoms with Crippen LogP contribution < -0.4 is 4.90 Å². The SMILES string of the molecule is Fc1cc(F)c2c(N3CCCc4c(Br)cccc43)nc3nncn3c2c1.